The van der Waals surface area contributed by atoms with Crippen LogP contribution in [-0.2, 0) is 19.9 Å². The Kier molecular flexibility index (Phi) is 8.84. The molecule has 1 saturated carbocycles. The quantitative estimate of drug-likeness (QED) is 0.367. The summed E-state index contributed by atoms with van der Waals surface area (Å²) in [6.07, 6.45) is 5.55. The number of pyridine rings is 1. The molecular formula is C31H38ClN3O4. The van der Waals surface area contributed by atoms with Crippen LogP contribution >= 0.6 is 11.6 Å². The fourth-order valence-electron chi connectivity index (χ4n) is 6.13. The molecule has 2 unspecified atom stereocenters. The second kappa shape index (κ2) is 12.3. The maximum Gasteiger partial charge on any atom is 0.225 e. The highest BCUT2D eigenvalue weighted by Crippen LogP contribution is 2.43. The van der Waals surface area contributed by atoms with Crippen molar-refractivity contribution >= 4 is 28.4 Å². The number of amides is 1. The van der Waals surface area contributed by atoms with E-state index in [1.54, 1.807) is 13.3 Å². The van der Waals surface area contributed by atoms with E-state index < -0.39 is 11.7 Å². The molecule has 2 aliphatic rings. The monoisotopic (exact) mass is 551 g/mol. The fourth-order valence-corrected chi connectivity index (χ4v) is 6.42. The van der Waals surface area contributed by atoms with Crippen molar-refractivity contribution in [3.8, 4) is 11.1 Å². The molecule has 3 aromatic rings. The number of ether oxygens (including phenoxy) is 2. The predicted molar refractivity (Wildman–Crippen MR) is 153 cm³/mol. The van der Waals surface area contributed by atoms with Crippen LogP contribution in [0.15, 0.2) is 54.7 Å². The molecule has 0 radical (unpaired) electrons. The topological polar surface area (TPSA) is 97.9 Å². The highest BCUT2D eigenvalue weighted by molar-refractivity contribution is 6.33. The Hall–Kier alpha value is -2.55. The Morgan fingerprint density at radius 2 is 2.08 bits per heavy atom. The number of nitrogens with zero attached hydrogens (tertiary/aromatic N) is 2. The minimum absolute atomic E-state index is 0.0565. The number of carbonyl (C=O) groups excluding carboxylic acids is 1. The minimum atomic E-state index is -1.38. The summed E-state index contributed by atoms with van der Waals surface area (Å²) in [4.78, 5) is 19.9. The van der Waals surface area contributed by atoms with E-state index in [0.29, 0.717) is 43.3 Å². The Labute approximate surface area is 235 Å². The zero-order valence-electron chi connectivity index (χ0n) is 22.5. The zero-order valence-corrected chi connectivity index (χ0v) is 23.3. The van der Waals surface area contributed by atoms with Crippen LogP contribution in [0.3, 0.4) is 0 Å². The van der Waals surface area contributed by atoms with Crippen molar-refractivity contribution in [2.45, 2.75) is 56.3 Å². The number of rotatable bonds is 9. The summed E-state index contributed by atoms with van der Waals surface area (Å²) in [5, 5.41) is 14.1. The molecule has 5 rings (SSSR count). The van der Waals surface area contributed by atoms with E-state index in [1.807, 2.05) is 47.4 Å². The molecule has 2 heterocycles. The lowest BCUT2D eigenvalue weighted by Crippen LogP contribution is -2.55. The molecule has 1 amide bonds. The number of aromatic nitrogens is 1. The van der Waals surface area contributed by atoms with Gasteiger partial charge < -0.3 is 25.2 Å². The molecule has 0 bridgehead atoms. The van der Waals surface area contributed by atoms with Crippen molar-refractivity contribution in [1.29, 1.82) is 0 Å². The van der Waals surface area contributed by atoms with Crippen molar-refractivity contribution in [3.63, 3.8) is 0 Å². The number of para-hydroxylation sites is 1. The number of halogens is 1. The number of carbonyl (C=O) groups is 1. The maximum absolute atomic E-state index is 13.4. The standard InChI is InChI=1S/C31H38ClN3O4/c1-38-15-5-4-13-31(37,28-20-35(14-16-39-28)30(36)22-11-12-24(33)18-22)25-8-6-9-26(32)29(25)23-17-21-7-2-3-10-27(21)34-19-23/h2-3,6-10,17,19,22,24,28,37H,4-5,11-16,18,20,33H2,1H3/t22-,24+,28?,31?/m1/s1. The second-order valence-corrected chi connectivity index (χ2v) is 11.3. The van der Waals surface area contributed by atoms with Gasteiger partial charge in [0.05, 0.1) is 18.7 Å². The molecule has 1 aromatic heterocycles. The van der Waals surface area contributed by atoms with Gasteiger partial charge >= 0.3 is 0 Å². The van der Waals surface area contributed by atoms with E-state index >= 15 is 0 Å². The summed E-state index contributed by atoms with van der Waals surface area (Å²) in [6.45, 7) is 1.79. The Morgan fingerprint density at radius 3 is 2.87 bits per heavy atom. The first kappa shape index (κ1) is 28.0. The van der Waals surface area contributed by atoms with Crippen LogP contribution in [0, 0.1) is 5.92 Å². The first-order valence-electron chi connectivity index (χ1n) is 13.9. The van der Waals surface area contributed by atoms with Crippen molar-refractivity contribution in [2.24, 2.45) is 11.7 Å². The molecule has 39 heavy (non-hydrogen) atoms. The summed E-state index contributed by atoms with van der Waals surface area (Å²) in [5.74, 6) is 0.0574. The van der Waals surface area contributed by atoms with Crippen LogP contribution in [0.5, 0.6) is 0 Å². The first-order chi connectivity index (χ1) is 18.9. The van der Waals surface area contributed by atoms with Gasteiger partial charge in [0.15, 0.2) is 0 Å². The Bertz CT molecular complexity index is 1300. The highest BCUT2D eigenvalue weighted by Gasteiger charge is 2.45. The van der Waals surface area contributed by atoms with Gasteiger partial charge in [-0.1, -0.05) is 41.9 Å². The third-order valence-electron chi connectivity index (χ3n) is 8.25. The largest absolute Gasteiger partial charge is 0.385 e. The van der Waals surface area contributed by atoms with Crippen molar-refractivity contribution in [3.05, 3.63) is 65.3 Å². The van der Waals surface area contributed by atoms with E-state index in [1.165, 1.54) is 0 Å². The van der Waals surface area contributed by atoms with Gasteiger partial charge in [-0.3, -0.25) is 9.78 Å². The number of unbranched alkanes of at least 4 members (excludes halogenated alkanes) is 1. The average Bonchev–Trinajstić information content (AvgIpc) is 3.40. The molecular weight excluding hydrogens is 514 g/mol. The van der Waals surface area contributed by atoms with Crippen LogP contribution in [0.2, 0.25) is 5.02 Å². The molecule has 208 valence electrons. The molecule has 1 aliphatic heterocycles. The number of hydrogen-bond acceptors (Lipinski definition) is 6. The molecule has 7 nitrogen and oxygen atoms in total. The number of hydrogen-bond donors (Lipinski definition) is 2. The number of methoxy groups -OCH3 is 1. The SMILES string of the molecule is COCCCCC(O)(c1cccc(Cl)c1-c1cnc2ccccc2c1)C1CN(C(=O)[C@@H]2CC[C@H](N)C2)CCO1. The van der Waals surface area contributed by atoms with Crippen molar-refractivity contribution in [2.75, 3.05) is 33.4 Å². The van der Waals surface area contributed by atoms with Gasteiger partial charge in [-0.25, -0.2) is 0 Å². The molecule has 2 fully saturated rings. The lowest BCUT2D eigenvalue weighted by Gasteiger charge is -2.44. The predicted octanol–water partition coefficient (Wildman–Crippen LogP) is 4.91. The van der Waals surface area contributed by atoms with Crippen LogP contribution in [0.25, 0.3) is 22.0 Å². The van der Waals surface area contributed by atoms with Gasteiger partial charge in [-0.05, 0) is 62.3 Å². The lowest BCUT2D eigenvalue weighted by atomic mass is 9.79. The summed E-state index contributed by atoms with van der Waals surface area (Å²) < 4.78 is 11.5. The third-order valence-corrected chi connectivity index (χ3v) is 8.56. The normalized spacial score (nSPS) is 23.2. The maximum atomic E-state index is 13.4. The average molecular weight is 552 g/mol. The van der Waals surface area contributed by atoms with E-state index in [2.05, 4.69) is 11.1 Å². The molecule has 8 heteroatoms. The van der Waals surface area contributed by atoms with Gasteiger partial charge in [-0.15, -0.1) is 0 Å². The van der Waals surface area contributed by atoms with Gasteiger partial charge in [0.25, 0.3) is 0 Å². The van der Waals surface area contributed by atoms with Crippen LogP contribution in [0.4, 0.5) is 0 Å². The van der Waals surface area contributed by atoms with Gasteiger partial charge in [0.2, 0.25) is 5.91 Å². The molecule has 0 spiro atoms. The van der Waals surface area contributed by atoms with E-state index in [0.717, 1.165) is 54.1 Å². The Balaban J connectivity index is 1.52. The summed E-state index contributed by atoms with van der Waals surface area (Å²) in [6, 6.07) is 15.7. The van der Waals surface area contributed by atoms with E-state index in [4.69, 9.17) is 26.8 Å². The van der Waals surface area contributed by atoms with Crippen molar-refractivity contribution in [1.82, 2.24) is 9.88 Å². The molecule has 3 N–H and O–H groups in total. The van der Waals surface area contributed by atoms with Crippen molar-refractivity contribution < 1.29 is 19.4 Å². The lowest BCUT2D eigenvalue weighted by molar-refractivity contribution is -0.167. The summed E-state index contributed by atoms with van der Waals surface area (Å²) in [7, 11) is 1.68. The van der Waals surface area contributed by atoms with Crippen LogP contribution in [0.1, 0.15) is 44.1 Å². The zero-order chi connectivity index (χ0) is 27.4. The highest BCUT2D eigenvalue weighted by atomic mass is 35.5. The smallest absolute Gasteiger partial charge is 0.225 e. The van der Waals surface area contributed by atoms with Gasteiger partial charge in [0, 0.05) is 60.0 Å². The Morgan fingerprint density at radius 1 is 1.23 bits per heavy atom. The second-order valence-electron chi connectivity index (χ2n) is 10.9. The number of nitrogens with two attached hydrogens (primary N) is 1. The molecule has 1 aliphatic carbocycles. The molecule has 1 saturated heterocycles. The van der Waals surface area contributed by atoms with Crippen LogP contribution in [-0.4, -0.2) is 66.5 Å². The van der Waals surface area contributed by atoms with E-state index in [-0.39, 0.29) is 17.9 Å². The number of fused-ring (bicyclic) bond motifs is 1. The first-order valence-corrected chi connectivity index (χ1v) is 14.3. The minimum Gasteiger partial charge on any atom is -0.385 e. The molecule has 2 aromatic carbocycles. The van der Waals surface area contributed by atoms with Gasteiger partial charge in [-0.2, -0.15) is 0 Å². The number of benzene rings is 2. The number of morpholine rings is 1. The molecule has 4 atom stereocenters. The number of aliphatic hydroxyl groups is 1. The fraction of sp³-hybridized carbons (Fsp3) is 0.484. The summed E-state index contributed by atoms with van der Waals surface area (Å²) >= 11 is 6.85. The van der Waals surface area contributed by atoms with E-state index in [9.17, 15) is 9.90 Å². The van der Waals surface area contributed by atoms with Gasteiger partial charge in [0.1, 0.15) is 11.7 Å². The summed E-state index contributed by atoms with van der Waals surface area (Å²) in [5.41, 5.74) is 7.86. The van der Waals surface area contributed by atoms with Crippen LogP contribution < -0.4 is 5.73 Å². The third kappa shape index (κ3) is 5.98.